The van der Waals surface area contributed by atoms with Crippen molar-refractivity contribution in [3.8, 4) is 5.75 Å². The summed E-state index contributed by atoms with van der Waals surface area (Å²) >= 11 is 8.99. The molecule has 1 N–H and O–H groups in total. The Labute approximate surface area is 130 Å². The molecule has 0 aliphatic heterocycles. The summed E-state index contributed by atoms with van der Waals surface area (Å²) in [7, 11) is 0. The summed E-state index contributed by atoms with van der Waals surface area (Å²) in [5.41, 5.74) is 0.712. The Hall–Kier alpha value is -1.10. The predicted octanol–water partition coefficient (Wildman–Crippen LogP) is 4.22. The molecule has 0 aliphatic rings. The van der Waals surface area contributed by atoms with Crippen molar-refractivity contribution in [2.45, 2.75) is 12.5 Å². The monoisotopic (exact) mass is 358 g/mol. The van der Waals surface area contributed by atoms with Crippen LogP contribution in [0.2, 0.25) is 5.02 Å². The van der Waals surface area contributed by atoms with Crippen molar-refractivity contribution in [3.05, 3.63) is 63.3 Å². The minimum absolute atomic E-state index is 0.135. The van der Waals surface area contributed by atoms with Crippen LogP contribution in [0, 0.1) is 5.82 Å². The Balaban J connectivity index is 1.88. The molecule has 0 saturated carbocycles. The van der Waals surface area contributed by atoms with Crippen molar-refractivity contribution in [2.24, 2.45) is 0 Å². The maximum absolute atomic E-state index is 13.2. The molecule has 0 heterocycles. The summed E-state index contributed by atoms with van der Waals surface area (Å²) in [6.07, 6.45) is -0.386. The first-order chi connectivity index (χ1) is 9.52. The van der Waals surface area contributed by atoms with Crippen LogP contribution in [0.1, 0.15) is 5.56 Å². The van der Waals surface area contributed by atoms with Crippen molar-refractivity contribution in [1.29, 1.82) is 0 Å². The van der Waals surface area contributed by atoms with Crippen molar-refractivity contribution in [3.63, 3.8) is 0 Å². The van der Waals surface area contributed by atoms with E-state index in [9.17, 15) is 9.50 Å². The fraction of sp³-hybridized carbons (Fsp3) is 0.200. The van der Waals surface area contributed by atoms with E-state index >= 15 is 0 Å². The molecular weight excluding hydrogens is 347 g/mol. The Morgan fingerprint density at radius 1 is 1.20 bits per heavy atom. The van der Waals surface area contributed by atoms with Gasteiger partial charge in [0.2, 0.25) is 0 Å². The van der Waals surface area contributed by atoms with Crippen molar-refractivity contribution in [1.82, 2.24) is 0 Å². The number of ether oxygens (including phenoxy) is 1. The Morgan fingerprint density at radius 2 is 1.90 bits per heavy atom. The molecule has 5 heteroatoms. The summed E-state index contributed by atoms with van der Waals surface area (Å²) in [5, 5.41) is 10.5. The van der Waals surface area contributed by atoms with E-state index in [0.717, 1.165) is 0 Å². The Kier molecular flexibility index (Phi) is 5.40. The van der Waals surface area contributed by atoms with E-state index in [-0.39, 0.29) is 12.4 Å². The van der Waals surface area contributed by atoms with E-state index in [1.165, 1.54) is 12.1 Å². The number of hydrogen-bond acceptors (Lipinski definition) is 2. The number of aliphatic hydroxyl groups is 1. The number of halogens is 3. The fourth-order valence-corrected chi connectivity index (χ4v) is 2.42. The van der Waals surface area contributed by atoms with E-state index in [1.54, 1.807) is 30.3 Å². The van der Waals surface area contributed by atoms with Crippen LogP contribution >= 0.6 is 27.5 Å². The molecule has 0 bridgehead atoms. The topological polar surface area (TPSA) is 29.5 Å². The van der Waals surface area contributed by atoms with E-state index in [4.69, 9.17) is 16.3 Å². The molecule has 2 aromatic rings. The Morgan fingerprint density at radius 3 is 2.55 bits per heavy atom. The lowest BCUT2D eigenvalue weighted by atomic mass is 10.1. The van der Waals surface area contributed by atoms with Gasteiger partial charge < -0.3 is 9.84 Å². The molecule has 2 rings (SSSR count). The number of rotatable bonds is 5. The number of aliphatic hydroxyl groups excluding tert-OH is 1. The zero-order valence-corrected chi connectivity index (χ0v) is 12.9. The second-order valence-corrected chi connectivity index (χ2v) is 5.75. The third kappa shape index (κ3) is 4.78. The van der Waals surface area contributed by atoms with Crippen LogP contribution in [-0.4, -0.2) is 17.8 Å². The van der Waals surface area contributed by atoms with Crippen molar-refractivity contribution < 1.29 is 14.2 Å². The zero-order chi connectivity index (χ0) is 14.5. The molecule has 0 spiro atoms. The van der Waals surface area contributed by atoms with Crippen LogP contribution in [0.25, 0.3) is 0 Å². The van der Waals surface area contributed by atoms with E-state index in [1.807, 2.05) is 0 Å². The van der Waals surface area contributed by atoms with Crippen LogP contribution in [0.15, 0.2) is 46.9 Å². The lowest BCUT2D eigenvalue weighted by Gasteiger charge is -2.13. The summed E-state index contributed by atoms with van der Waals surface area (Å²) in [4.78, 5) is 0. The summed E-state index contributed by atoms with van der Waals surface area (Å²) in [5.74, 6) is 0.300. The minimum atomic E-state index is -0.709. The van der Waals surface area contributed by atoms with Crippen molar-refractivity contribution in [2.75, 3.05) is 6.61 Å². The van der Waals surface area contributed by atoms with Gasteiger partial charge in [0.05, 0.1) is 6.10 Å². The van der Waals surface area contributed by atoms with Gasteiger partial charge in [-0.15, -0.1) is 0 Å². The minimum Gasteiger partial charge on any atom is -0.491 e. The van der Waals surface area contributed by atoms with E-state index in [2.05, 4.69) is 15.9 Å². The normalized spacial score (nSPS) is 12.2. The Bertz CT molecular complexity index is 554. The third-order valence-corrected chi connectivity index (χ3v) is 3.36. The summed E-state index contributed by atoms with van der Waals surface area (Å²) in [6, 6.07) is 11.4. The van der Waals surface area contributed by atoms with Gasteiger partial charge in [-0.25, -0.2) is 4.39 Å². The van der Waals surface area contributed by atoms with Gasteiger partial charge in [0.1, 0.15) is 18.2 Å². The number of benzene rings is 2. The first-order valence-electron chi connectivity index (χ1n) is 6.04. The maximum Gasteiger partial charge on any atom is 0.124 e. The average molecular weight is 360 g/mol. The van der Waals surface area contributed by atoms with Gasteiger partial charge in [0.25, 0.3) is 0 Å². The highest BCUT2D eigenvalue weighted by atomic mass is 79.9. The maximum atomic E-state index is 13.2. The van der Waals surface area contributed by atoms with Crippen molar-refractivity contribution >= 4 is 27.5 Å². The molecule has 106 valence electrons. The van der Waals surface area contributed by atoms with E-state index in [0.29, 0.717) is 27.2 Å². The zero-order valence-electron chi connectivity index (χ0n) is 10.5. The van der Waals surface area contributed by atoms with Crippen LogP contribution in [0.5, 0.6) is 5.75 Å². The lowest BCUT2D eigenvalue weighted by molar-refractivity contribution is 0.107. The summed E-state index contributed by atoms with van der Waals surface area (Å²) in [6.45, 7) is 0.135. The van der Waals surface area contributed by atoms with Crippen LogP contribution in [-0.2, 0) is 6.42 Å². The lowest BCUT2D eigenvalue weighted by Crippen LogP contribution is -2.20. The standard InChI is InChI=1S/C15H13BrClFO2/c16-11-5-10(6-13(18)8-11)7-14(19)9-20-15-3-1-12(17)2-4-15/h1-6,8,14,19H,7,9H2. The van der Waals surface area contributed by atoms with Gasteiger partial charge in [-0.05, 0) is 48.0 Å². The summed E-state index contributed by atoms with van der Waals surface area (Å²) < 4.78 is 19.3. The van der Waals surface area contributed by atoms with E-state index < -0.39 is 6.10 Å². The molecule has 20 heavy (non-hydrogen) atoms. The largest absolute Gasteiger partial charge is 0.491 e. The van der Waals surface area contributed by atoms with Gasteiger partial charge in [0.15, 0.2) is 0 Å². The molecule has 0 amide bonds. The highest BCUT2D eigenvalue weighted by Crippen LogP contribution is 2.18. The molecular formula is C15H13BrClFO2. The molecule has 0 aromatic heterocycles. The highest BCUT2D eigenvalue weighted by molar-refractivity contribution is 9.10. The molecule has 0 fully saturated rings. The molecule has 2 nitrogen and oxygen atoms in total. The van der Waals surface area contributed by atoms with Gasteiger partial charge in [-0.1, -0.05) is 27.5 Å². The molecule has 1 unspecified atom stereocenters. The number of hydrogen-bond donors (Lipinski definition) is 1. The molecule has 0 aliphatic carbocycles. The highest BCUT2D eigenvalue weighted by Gasteiger charge is 2.08. The quantitative estimate of drug-likeness (QED) is 0.866. The molecule has 0 radical (unpaired) electrons. The van der Waals surface area contributed by atoms with Crippen LogP contribution < -0.4 is 4.74 Å². The first kappa shape index (κ1) is 15.3. The second-order valence-electron chi connectivity index (χ2n) is 4.40. The van der Waals surface area contributed by atoms with Crippen LogP contribution in [0.4, 0.5) is 4.39 Å². The van der Waals surface area contributed by atoms with Gasteiger partial charge in [-0.3, -0.25) is 0 Å². The second kappa shape index (κ2) is 7.07. The SMILES string of the molecule is OC(COc1ccc(Cl)cc1)Cc1cc(F)cc(Br)c1. The molecule has 1 atom stereocenters. The first-order valence-corrected chi connectivity index (χ1v) is 7.21. The van der Waals surface area contributed by atoms with Gasteiger partial charge in [-0.2, -0.15) is 0 Å². The smallest absolute Gasteiger partial charge is 0.124 e. The van der Waals surface area contributed by atoms with Gasteiger partial charge in [0, 0.05) is 15.9 Å². The van der Waals surface area contributed by atoms with Gasteiger partial charge >= 0.3 is 0 Å². The fourth-order valence-electron chi connectivity index (χ4n) is 1.78. The third-order valence-electron chi connectivity index (χ3n) is 2.65. The average Bonchev–Trinajstić information content (AvgIpc) is 2.37. The van der Waals surface area contributed by atoms with Crippen LogP contribution in [0.3, 0.4) is 0 Å². The predicted molar refractivity (Wildman–Crippen MR) is 80.8 cm³/mol. The molecule has 0 saturated heterocycles. The molecule has 2 aromatic carbocycles.